The molecule has 5 rings (SSSR count). The summed E-state index contributed by atoms with van der Waals surface area (Å²) in [7, 11) is 1.55. The van der Waals surface area contributed by atoms with E-state index in [1.54, 1.807) is 25.6 Å². The topological polar surface area (TPSA) is 99.4 Å². The van der Waals surface area contributed by atoms with Gasteiger partial charge in [-0.2, -0.15) is 4.98 Å². The number of aromatic nitrogens is 3. The van der Waals surface area contributed by atoms with Crippen LogP contribution in [0.2, 0.25) is 0 Å². The molecule has 2 aromatic heterocycles. The second kappa shape index (κ2) is 9.28. The van der Waals surface area contributed by atoms with Gasteiger partial charge in [-0.15, -0.1) is 0 Å². The Balaban J connectivity index is 1.21. The predicted molar refractivity (Wildman–Crippen MR) is 122 cm³/mol. The van der Waals surface area contributed by atoms with Crippen molar-refractivity contribution >= 4 is 16.8 Å². The van der Waals surface area contributed by atoms with Gasteiger partial charge in [-0.05, 0) is 43.9 Å². The van der Waals surface area contributed by atoms with Gasteiger partial charge in [0.15, 0.2) is 5.76 Å². The number of ether oxygens (including phenoxy) is 2. The molecular weight excluding hydrogens is 420 g/mol. The van der Waals surface area contributed by atoms with Crippen LogP contribution in [0, 0.1) is 0 Å². The molecule has 1 aliphatic carbocycles. The quantitative estimate of drug-likeness (QED) is 0.470. The number of fused-ring (bicyclic) bond motifs is 1. The minimum atomic E-state index is -0.0971. The van der Waals surface area contributed by atoms with E-state index in [2.05, 4.69) is 20.4 Å². The smallest absolute Gasteiger partial charge is 0.251 e. The zero-order valence-electron chi connectivity index (χ0n) is 18.2. The number of benzene rings is 2. The van der Waals surface area contributed by atoms with Gasteiger partial charge in [0.25, 0.3) is 5.91 Å². The first-order valence-electron chi connectivity index (χ1n) is 11.0. The van der Waals surface area contributed by atoms with Crippen molar-refractivity contribution in [2.75, 3.05) is 7.11 Å². The molecule has 33 heavy (non-hydrogen) atoms. The first kappa shape index (κ1) is 20.9. The molecule has 4 aromatic rings. The molecule has 1 amide bonds. The number of carbonyl (C=O) groups is 1. The molecule has 1 aliphatic rings. The van der Waals surface area contributed by atoms with E-state index in [1.807, 2.05) is 42.5 Å². The van der Waals surface area contributed by atoms with Crippen molar-refractivity contribution < 1.29 is 18.8 Å². The van der Waals surface area contributed by atoms with Crippen molar-refractivity contribution in [2.24, 2.45) is 0 Å². The fourth-order valence-electron chi connectivity index (χ4n) is 4.13. The monoisotopic (exact) mass is 444 g/mol. The normalized spacial score (nSPS) is 18.1. The first-order valence-corrected chi connectivity index (χ1v) is 11.0. The molecule has 2 heterocycles. The van der Waals surface area contributed by atoms with Gasteiger partial charge in [-0.3, -0.25) is 9.78 Å². The molecule has 8 nitrogen and oxygen atoms in total. The van der Waals surface area contributed by atoms with E-state index in [0.29, 0.717) is 23.1 Å². The average Bonchev–Trinajstić information content (AvgIpc) is 3.29. The molecule has 1 fully saturated rings. The van der Waals surface area contributed by atoms with Gasteiger partial charge >= 0.3 is 0 Å². The van der Waals surface area contributed by atoms with Crippen molar-refractivity contribution in [1.29, 1.82) is 0 Å². The summed E-state index contributed by atoms with van der Waals surface area (Å²) in [6, 6.07) is 15.3. The van der Waals surface area contributed by atoms with Crippen LogP contribution in [0.25, 0.3) is 22.2 Å². The molecule has 2 aromatic carbocycles. The Hall–Kier alpha value is -3.94. The third-order valence-electron chi connectivity index (χ3n) is 5.87. The van der Waals surface area contributed by atoms with Crippen LogP contribution in [0.1, 0.15) is 36.0 Å². The van der Waals surface area contributed by atoms with Gasteiger partial charge in [0.2, 0.25) is 11.8 Å². The van der Waals surface area contributed by atoms with E-state index in [0.717, 1.165) is 42.1 Å². The number of rotatable bonds is 6. The fraction of sp³-hybridized carbons (Fsp3) is 0.280. The Bertz CT molecular complexity index is 1250. The maximum atomic E-state index is 12.9. The van der Waals surface area contributed by atoms with Crippen LogP contribution in [-0.4, -0.2) is 40.3 Å². The number of nitrogens with one attached hydrogen (secondary N) is 1. The first-order chi connectivity index (χ1) is 16.2. The maximum Gasteiger partial charge on any atom is 0.251 e. The summed E-state index contributed by atoms with van der Waals surface area (Å²) >= 11 is 0. The lowest BCUT2D eigenvalue weighted by atomic mass is 9.92. The Labute approximate surface area is 190 Å². The standard InChI is InChI=1S/C25H24N4O4/c1-31-22-14-26-15-23(28-22)32-19-10-8-18(9-11-19)27-25(30)17-7-12-21-20(13-17)24(33-29-21)16-5-3-2-4-6-16/h2-7,12-15,18-19H,8-11H2,1H3,(H,27,30). The van der Waals surface area contributed by atoms with E-state index in [1.165, 1.54) is 0 Å². The van der Waals surface area contributed by atoms with Crippen LogP contribution in [0.15, 0.2) is 65.4 Å². The lowest BCUT2D eigenvalue weighted by Crippen LogP contribution is -2.39. The van der Waals surface area contributed by atoms with Crippen molar-refractivity contribution in [3.8, 4) is 23.1 Å². The fourth-order valence-corrected chi connectivity index (χ4v) is 4.13. The molecule has 0 spiro atoms. The van der Waals surface area contributed by atoms with E-state index in [-0.39, 0.29) is 18.1 Å². The van der Waals surface area contributed by atoms with Gasteiger partial charge in [0, 0.05) is 17.2 Å². The summed E-state index contributed by atoms with van der Waals surface area (Å²) in [6.07, 6.45) is 6.48. The van der Waals surface area contributed by atoms with Gasteiger partial charge in [-0.25, -0.2) is 0 Å². The van der Waals surface area contributed by atoms with E-state index < -0.39 is 0 Å². The summed E-state index contributed by atoms with van der Waals surface area (Å²) < 4.78 is 16.6. The van der Waals surface area contributed by atoms with Crippen LogP contribution < -0.4 is 14.8 Å². The lowest BCUT2D eigenvalue weighted by molar-refractivity contribution is 0.0889. The number of hydrogen-bond donors (Lipinski definition) is 1. The highest BCUT2D eigenvalue weighted by atomic mass is 16.5. The van der Waals surface area contributed by atoms with Crippen LogP contribution in [0.4, 0.5) is 0 Å². The van der Waals surface area contributed by atoms with Crippen molar-refractivity contribution in [3.05, 3.63) is 66.5 Å². The molecule has 1 saturated carbocycles. The molecule has 0 atom stereocenters. The SMILES string of the molecule is COc1cncc(OC2CCC(NC(=O)c3ccc4noc(-c5ccccc5)c4c3)CC2)n1. The van der Waals surface area contributed by atoms with Gasteiger partial charge in [0.1, 0.15) is 11.6 Å². The molecule has 0 saturated heterocycles. The predicted octanol–water partition coefficient (Wildman–Crippen LogP) is 4.41. The van der Waals surface area contributed by atoms with Crippen LogP contribution in [0.5, 0.6) is 11.8 Å². The Morgan fingerprint density at radius 1 is 1.03 bits per heavy atom. The second-order valence-corrected chi connectivity index (χ2v) is 8.07. The zero-order valence-corrected chi connectivity index (χ0v) is 18.2. The highest BCUT2D eigenvalue weighted by Gasteiger charge is 2.25. The van der Waals surface area contributed by atoms with Gasteiger partial charge in [-0.1, -0.05) is 35.5 Å². The maximum absolute atomic E-state index is 12.9. The van der Waals surface area contributed by atoms with Gasteiger partial charge in [0.05, 0.1) is 24.9 Å². The van der Waals surface area contributed by atoms with Crippen molar-refractivity contribution in [2.45, 2.75) is 37.8 Å². The molecule has 168 valence electrons. The number of methoxy groups -OCH3 is 1. The Morgan fingerprint density at radius 2 is 1.82 bits per heavy atom. The largest absolute Gasteiger partial charge is 0.480 e. The third kappa shape index (κ3) is 4.64. The minimum absolute atomic E-state index is 0.0429. The lowest BCUT2D eigenvalue weighted by Gasteiger charge is -2.29. The molecule has 8 heteroatoms. The number of hydrogen-bond acceptors (Lipinski definition) is 7. The molecule has 0 radical (unpaired) electrons. The molecular formula is C25H24N4O4. The third-order valence-corrected chi connectivity index (χ3v) is 5.87. The summed E-state index contributed by atoms with van der Waals surface area (Å²) in [4.78, 5) is 21.3. The summed E-state index contributed by atoms with van der Waals surface area (Å²) in [5, 5.41) is 8.11. The van der Waals surface area contributed by atoms with Crippen molar-refractivity contribution in [1.82, 2.24) is 20.4 Å². The molecule has 0 aliphatic heterocycles. The molecule has 0 unspecified atom stereocenters. The zero-order chi connectivity index (χ0) is 22.6. The van der Waals surface area contributed by atoms with E-state index >= 15 is 0 Å². The highest BCUT2D eigenvalue weighted by molar-refractivity contribution is 6.01. The van der Waals surface area contributed by atoms with Crippen LogP contribution in [0.3, 0.4) is 0 Å². The van der Waals surface area contributed by atoms with E-state index in [4.69, 9.17) is 14.0 Å². The Morgan fingerprint density at radius 3 is 2.61 bits per heavy atom. The number of amides is 1. The van der Waals surface area contributed by atoms with Crippen LogP contribution in [-0.2, 0) is 0 Å². The molecule has 0 bridgehead atoms. The summed E-state index contributed by atoms with van der Waals surface area (Å²) in [5.41, 5.74) is 2.24. The summed E-state index contributed by atoms with van der Waals surface area (Å²) in [6.45, 7) is 0. The minimum Gasteiger partial charge on any atom is -0.480 e. The molecule has 1 N–H and O–H groups in total. The van der Waals surface area contributed by atoms with Crippen molar-refractivity contribution in [3.63, 3.8) is 0 Å². The second-order valence-electron chi connectivity index (χ2n) is 8.07. The Kier molecular flexibility index (Phi) is 5.89. The number of carbonyl (C=O) groups excluding carboxylic acids is 1. The van der Waals surface area contributed by atoms with Gasteiger partial charge < -0.3 is 19.3 Å². The number of nitrogens with zero attached hydrogens (tertiary/aromatic N) is 3. The van der Waals surface area contributed by atoms with Crippen LogP contribution >= 0.6 is 0 Å². The highest BCUT2D eigenvalue weighted by Crippen LogP contribution is 2.29. The van der Waals surface area contributed by atoms with E-state index in [9.17, 15) is 4.79 Å². The average molecular weight is 444 g/mol. The summed E-state index contributed by atoms with van der Waals surface area (Å²) in [5.74, 6) is 1.45.